The van der Waals surface area contributed by atoms with Crippen LogP contribution in [0.15, 0.2) is 39.0 Å². The van der Waals surface area contributed by atoms with Crippen LogP contribution in [-0.2, 0) is 16.9 Å². The molecule has 6 nitrogen and oxygen atoms in total. The van der Waals surface area contributed by atoms with Crippen molar-refractivity contribution in [3.8, 4) is 11.1 Å². The van der Waals surface area contributed by atoms with Crippen molar-refractivity contribution in [3.63, 3.8) is 0 Å². The zero-order chi connectivity index (χ0) is 15.2. The Morgan fingerprint density at radius 3 is 2.71 bits per heavy atom. The number of fused-ring (bicyclic) bond motifs is 1. The fraction of sp³-hybridized carbons (Fsp3) is 0.154. The molecule has 0 aliphatic rings. The predicted octanol–water partition coefficient (Wildman–Crippen LogP) is 1.46. The Morgan fingerprint density at radius 1 is 1.33 bits per heavy atom. The van der Waals surface area contributed by atoms with Crippen LogP contribution in [0.4, 0.5) is 0 Å². The molecule has 0 saturated heterocycles. The second kappa shape index (κ2) is 4.74. The lowest BCUT2D eigenvalue weighted by Crippen LogP contribution is -2.20. The lowest BCUT2D eigenvalue weighted by atomic mass is 10.1. The van der Waals surface area contributed by atoms with Crippen molar-refractivity contribution in [2.24, 2.45) is 7.05 Å². The van der Waals surface area contributed by atoms with Crippen LogP contribution in [0.1, 0.15) is 0 Å². The molecule has 0 N–H and O–H groups in total. The summed E-state index contributed by atoms with van der Waals surface area (Å²) in [5, 5.41) is 4.11. The van der Waals surface area contributed by atoms with Gasteiger partial charge in [-0.3, -0.25) is 9.36 Å². The maximum absolute atomic E-state index is 12.4. The molecule has 3 aromatic heterocycles. The molecule has 0 aromatic carbocycles. The van der Waals surface area contributed by atoms with Crippen molar-refractivity contribution in [1.29, 1.82) is 0 Å². The van der Waals surface area contributed by atoms with Gasteiger partial charge in [0, 0.05) is 30.4 Å². The van der Waals surface area contributed by atoms with E-state index >= 15 is 0 Å². The Hall–Kier alpha value is -2.06. The van der Waals surface area contributed by atoms with Crippen LogP contribution in [0.3, 0.4) is 0 Å². The van der Waals surface area contributed by atoms with Crippen molar-refractivity contribution in [2.45, 2.75) is 5.16 Å². The van der Waals surface area contributed by atoms with E-state index in [2.05, 4.69) is 9.97 Å². The third-order valence-electron chi connectivity index (χ3n) is 3.09. The first kappa shape index (κ1) is 13.9. The Balaban J connectivity index is 2.36. The van der Waals surface area contributed by atoms with Gasteiger partial charge in [-0.15, -0.1) is 0 Å². The maximum atomic E-state index is 12.4. The smallest absolute Gasteiger partial charge is 0.259 e. The van der Waals surface area contributed by atoms with Crippen LogP contribution in [0, 0.1) is 0 Å². The topological polar surface area (TPSA) is 81.9 Å². The van der Waals surface area contributed by atoms with Crippen LogP contribution in [-0.4, -0.2) is 29.2 Å². The van der Waals surface area contributed by atoms with E-state index in [1.54, 1.807) is 13.1 Å². The van der Waals surface area contributed by atoms with Gasteiger partial charge in [-0.2, -0.15) is 16.3 Å². The standard InChI is InChI=1S/C13H11N3O3S2/c1-16-11-9(6-14-13(15-11)21(2,18)19)5-10(12(16)17)8-3-4-20-7-8/h3-7H,1-2H3. The highest BCUT2D eigenvalue weighted by Gasteiger charge is 2.15. The summed E-state index contributed by atoms with van der Waals surface area (Å²) in [7, 11) is -1.94. The summed E-state index contributed by atoms with van der Waals surface area (Å²) >= 11 is 1.50. The SMILES string of the molecule is Cn1c(=O)c(-c2ccsc2)cc2cnc(S(C)(=O)=O)nc21. The Labute approximate surface area is 124 Å². The Bertz CT molecular complexity index is 989. The highest BCUT2D eigenvalue weighted by Crippen LogP contribution is 2.22. The molecule has 3 rings (SSSR count). The molecule has 8 heteroatoms. The van der Waals surface area contributed by atoms with E-state index in [1.807, 2.05) is 16.8 Å². The van der Waals surface area contributed by atoms with E-state index in [9.17, 15) is 13.2 Å². The molecule has 0 aliphatic carbocycles. The third-order valence-corrected chi connectivity index (χ3v) is 4.63. The van der Waals surface area contributed by atoms with Gasteiger partial charge >= 0.3 is 0 Å². The molecule has 3 aromatic rings. The molecule has 0 unspecified atom stereocenters. The summed E-state index contributed by atoms with van der Waals surface area (Å²) in [6.07, 6.45) is 2.46. The molecule has 0 spiro atoms. The maximum Gasteiger partial charge on any atom is 0.259 e. The molecule has 0 amide bonds. The zero-order valence-electron chi connectivity index (χ0n) is 11.3. The van der Waals surface area contributed by atoms with Crippen molar-refractivity contribution >= 4 is 32.2 Å². The first-order valence-electron chi connectivity index (χ1n) is 5.97. The van der Waals surface area contributed by atoms with Gasteiger partial charge in [-0.1, -0.05) is 0 Å². The van der Waals surface area contributed by atoms with Gasteiger partial charge in [0.05, 0.1) is 0 Å². The largest absolute Gasteiger partial charge is 0.295 e. The lowest BCUT2D eigenvalue weighted by molar-refractivity contribution is 0.593. The summed E-state index contributed by atoms with van der Waals surface area (Å²) in [5.74, 6) is 0. The molecule has 0 saturated carbocycles. The molecule has 0 radical (unpaired) electrons. The van der Waals surface area contributed by atoms with E-state index in [0.29, 0.717) is 16.6 Å². The third kappa shape index (κ3) is 2.36. The minimum absolute atomic E-state index is 0.223. The second-order valence-corrected chi connectivity index (χ2v) is 7.33. The number of rotatable bonds is 2. The summed E-state index contributed by atoms with van der Waals surface area (Å²) in [4.78, 5) is 20.3. The van der Waals surface area contributed by atoms with Gasteiger partial charge in [-0.25, -0.2) is 13.4 Å². The molecule has 0 atom stereocenters. The molecule has 0 fully saturated rings. The molecule has 3 heterocycles. The molecule has 0 aliphatic heterocycles. The number of hydrogen-bond acceptors (Lipinski definition) is 6. The minimum atomic E-state index is -3.51. The van der Waals surface area contributed by atoms with E-state index in [-0.39, 0.29) is 10.7 Å². The van der Waals surface area contributed by atoms with Gasteiger partial charge in [0.15, 0.2) is 0 Å². The highest BCUT2D eigenvalue weighted by atomic mass is 32.2. The number of aryl methyl sites for hydroxylation is 1. The van der Waals surface area contributed by atoms with Gasteiger partial charge in [0.1, 0.15) is 5.65 Å². The summed E-state index contributed by atoms with van der Waals surface area (Å²) in [6, 6.07) is 3.55. The zero-order valence-corrected chi connectivity index (χ0v) is 12.9. The summed E-state index contributed by atoms with van der Waals surface area (Å²) in [6.45, 7) is 0. The van der Waals surface area contributed by atoms with Crippen molar-refractivity contribution in [3.05, 3.63) is 39.4 Å². The van der Waals surface area contributed by atoms with Crippen molar-refractivity contribution in [2.75, 3.05) is 6.26 Å². The van der Waals surface area contributed by atoms with Gasteiger partial charge in [-0.05, 0) is 28.5 Å². The monoisotopic (exact) mass is 321 g/mol. The first-order chi connectivity index (χ1) is 9.88. The van der Waals surface area contributed by atoms with Crippen molar-refractivity contribution in [1.82, 2.24) is 14.5 Å². The van der Waals surface area contributed by atoms with Crippen LogP contribution < -0.4 is 5.56 Å². The molecular formula is C13H11N3O3S2. The van der Waals surface area contributed by atoms with E-state index in [4.69, 9.17) is 0 Å². The van der Waals surface area contributed by atoms with Gasteiger partial charge < -0.3 is 0 Å². The van der Waals surface area contributed by atoms with Crippen LogP contribution in [0.5, 0.6) is 0 Å². The molecule has 0 bridgehead atoms. The molecule has 21 heavy (non-hydrogen) atoms. The van der Waals surface area contributed by atoms with Gasteiger partial charge in [0.25, 0.3) is 5.56 Å². The number of hydrogen-bond donors (Lipinski definition) is 0. The quantitative estimate of drug-likeness (QED) is 0.667. The fourth-order valence-corrected chi connectivity index (χ4v) is 3.19. The normalized spacial score (nSPS) is 11.9. The van der Waals surface area contributed by atoms with E-state index in [0.717, 1.165) is 11.8 Å². The van der Waals surface area contributed by atoms with E-state index < -0.39 is 9.84 Å². The van der Waals surface area contributed by atoms with Crippen LogP contribution in [0.2, 0.25) is 0 Å². The first-order valence-corrected chi connectivity index (χ1v) is 8.81. The lowest BCUT2D eigenvalue weighted by Gasteiger charge is -2.07. The van der Waals surface area contributed by atoms with Crippen LogP contribution in [0.25, 0.3) is 22.2 Å². The van der Waals surface area contributed by atoms with Crippen LogP contribution >= 0.6 is 11.3 Å². The Morgan fingerprint density at radius 2 is 2.10 bits per heavy atom. The van der Waals surface area contributed by atoms with Gasteiger partial charge in [0.2, 0.25) is 15.0 Å². The van der Waals surface area contributed by atoms with Crippen molar-refractivity contribution < 1.29 is 8.42 Å². The molecule has 108 valence electrons. The highest BCUT2D eigenvalue weighted by molar-refractivity contribution is 7.90. The summed E-state index contributed by atoms with van der Waals surface area (Å²) < 4.78 is 24.4. The number of aromatic nitrogens is 3. The second-order valence-electron chi connectivity index (χ2n) is 4.64. The number of pyridine rings is 1. The predicted molar refractivity (Wildman–Crippen MR) is 81.2 cm³/mol. The fourth-order valence-electron chi connectivity index (χ4n) is 2.03. The minimum Gasteiger partial charge on any atom is -0.295 e. The average Bonchev–Trinajstić information content (AvgIpc) is 2.95. The molecular weight excluding hydrogens is 310 g/mol. The Kier molecular flexibility index (Phi) is 3.14. The summed E-state index contributed by atoms with van der Waals surface area (Å²) in [5.41, 5.74) is 1.45. The van der Waals surface area contributed by atoms with E-state index in [1.165, 1.54) is 22.1 Å². The number of thiophene rings is 1. The number of nitrogens with zero attached hydrogens (tertiary/aromatic N) is 3. The average molecular weight is 321 g/mol. The number of sulfone groups is 1.